The highest BCUT2D eigenvalue weighted by molar-refractivity contribution is 4.80. The molecule has 2 heteroatoms. The maximum Gasteiger partial charge on any atom is 0.0593 e. The zero-order valence-electron chi connectivity index (χ0n) is 6.71. The van der Waals surface area contributed by atoms with Crippen LogP contribution >= 0.6 is 0 Å². The molecule has 60 valence electrons. The molecule has 3 unspecified atom stereocenters. The van der Waals surface area contributed by atoms with E-state index in [1.165, 1.54) is 0 Å². The molecule has 0 radical (unpaired) electrons. The quantitative estimate of drug-likeness (QED) is 0.627. The zero-order chi connectivity index (χ0) is 7.56. The average molecular weight is 144 g/mol. The van der Waals surface area contributed by atoms with E-state index in [-0.39, 0.29) is 6.10 Å². The van der Waals surface area contributed by atoms with Gasteiger partial charge in [-0.05, 0) is 18.8 Å². The Hall–Kier alpha value is -0.0800. The van der Waals surface area contributed by atoms with Crippen molar-refractivity contribution >= 4 is 0 Å². The van der Waals surface area contributed by atoms with Crippen LogP contribution in [0, 0.1) is 11.8 Å². The van der Waals surface area contributed by atoms with Crippen LogP contribution in [0.5, 0.6) is 0 Å². The molecule has 0 aromatic carbocycles. The summed E-state index contributed by atoms with van der Waals surface area (Å²) in [7, 11) is 1.69. The van der Waals surface area contributed by atoms with Crippen LogP contribution in [0.1, 0.15) is 19.8 Å². The van der Waals surface area contributed by atoms with Crippen molar-refractivity contribution < 1.29 is 9.84 Å². The topological polar surface area (TPSA) is 29.5 Å². The molecule has 1 N–H and O–H groups in total. The number of hydrogen-bond donors (Lipinski definition) is 1. The van der Waals surface area contributed by atoms with Crippen molar-refractivity contribution in [2.24, 2.45) is 11.8 Å². The number of methoxy groups -OCH3 is 1. The van der Waals surface area contributed by atoms with Gasteiger partial charge in [0, 0.05) is 13.0 Å². The van der Waals surface area contributed by atoms with Crippen LogP contribution in [-0.4, -0.2) is 24.9 Å². The lowest BCUT2D eigenvalue weighted by molar-refractivity contribution is 0.0683. The van der Waals surface area contributed by atoms with Gasteiger partial charge in [0.1, 0.15) is 0 Å². The second kappa shape index (κ2) is 3.35. The molecule has 1 aliphatic carbocycles. The van der Waals surface area contributed by atoms with E-state index in [0.717, 1.165) is 12.8 Å². The molecule has 0 aromatic heterocycles. The van der Waals surface area contributed by atoms with Crippen molar-refractivity contribution in [3.8, 4) is 0 Å². The normalized spacial score (nSPS) is 40.5. The van der Waals surface area contributed by atoms with E-state index in [2.05, 4.69) is 6.92 Å². The summed E-state index contributed by atoms with van der Waals surface area (Å²) in [4.78, 5) is 0. The Morgan fingerprint density at radius 1 is 1.50 bits per heavy atom. The van der Waals surface area contributed by atoms with Gasteiger partial charge in [0.05, 0.1) is 12.7 Å². The number of aliphatic hydroxyl groups is 1. The van der Waals surface area contributed by atoms with Gasteiger partial charge >= 0.3 is 0 Å². The van der Waals surface area contributed by atoms with E-state index >= 15 is 0 Å². The molecule has 0 bridgehead atoms. The van der Waals surface area contributed by atoms with E-state index in [0.29, 0.717) is 18.4 Å². The molecule has 0 aromatic rings. The summed E-state index contributed by atoms with van der Waals surface area (Å²) in [5, 5.41) is 9.41. The van der Waals surface area contributed by atoms with Gasteiger partial charge in [0.2, 0.25) is 0 Å². The summed E-state index contributed by atoms with van der Waals surface area (Å²) < 4.78 is 4.98. The van der Waals surface area contributed by atoms with Gasteiger partial charge in [0.15, 0.2) is 0 Å². The second-order valence-electron chi connectivity index (χ2n) is 3.36. The maximum absolute atomic E-state index is 9.41. The van der Waals surface area contributed by atoms with Gasteiger partial charge in [-0.1, -0.05) is 6.92 Å². The van der Waals surface area contributed by atoms with Crippen LogP contribution in [0.3, 0.4) is 0 Å². The summed E-state index contributed by atoms with van der Waals surface area (Å²) >= 11 is 0. The third-order valence-electron chi connectivity index (χ3n) is 2.27. The van der Waals surface area contributed by atoms with E-state index in [9.17, 15) is 5.11 Å². The van der Waals surface area contributed by atoms with Gasteiger partial charge in [-0.25, -0.2) is 0 Å². The standard InChI is InChI=1S/C8H16O2/c1-6-3-7(5-10-2)8(9)4-6/h6-9H,3-5H2,1-2H3. The highest BCUT2D eigenvalue weighted by Gasteiger charge is 2.29. The Bertz CT molecular complexity index is 103. The van der Waals surface area contributed by atoms with Crippen molar-refractivity contribution in [1.29, 1.82) is 0 Å². The number of ether oxygens (including phenoxy) is 1. The Morgan fingerprint density at radius 2 is 2.20 bits per heavy atom. The third-order valence-corrected chi connectivity index (χ3v) is 2.27. The molecular formula is C8H16O2. The summed E-state index contributed by atoms with van der Waals surface area (Å²) in [5.41, 5.74) is 0. The first kappa shape index (κ1) is 8.02. The van der Waals surface area contributed by atoms with Crippen LogP contribution in [0.15, 0.2) is 0 Å². The molecule has 1 saturated carbocycles. The second-order valence-corrected chi connectivity index (χ2v) is 3.36. The largest absolute Gasteiger partial charge is 0.393 e. The smallest absolute Gasteiger partial charge is 0.0593 e. The van der Waals surface area contributed by atoms with E-state index in [1.807, 2.05) is 0 Å². The minimum Gasteiger partial charge on any atom is -0.393 e. The fourth-order valence-electron chi connectivity index (χ4n) is 1.77. The maximum atomic E-state index is 9.41. The van der Waals surface area contributed by atoms with Crippen molar-refractivity contribution in [2.45, 2.75) is 25.9 Å². The van der Waals surface area contributed by atoms with Crippen molar-refractivity contribution in [3.63, 3.8) is 0 Å². The molecule has 0 amide bonds. The highest BCUT2D eigenvalue weighted by Crippen LogP contribution is 2.30. The molecule has 3 atom stereocenters. The van der Waals surface area contributed by atoms with Crippen LogP contribution in [-0.2, 0) is 4.74 Å². The predicted octanol–water partition coefficient (Wildman–Crippen LogP) is 1.04. The van der Waals surface area contributed by atoms with Gasteiger partial charge < -0.3 is 9.84 Å². The third kappa shape index (κ3) is 1.70. The first-order valence-corrected chi connectivity index (χ1v) is 3.91. The van der Waals surface area contributed by atoms with Crippen LogP contribution in [0.2, 0.25) is 0 Å². The first-order chi connectivity index (χ1) is 4.74. The lowest BCUT2D eigenvalue weighted by Gasteiger charge is -2.11. The fourth-order valence-corrected chi connectivity index (χ4v) is 1.77. The van der Waals surface area contributed by atoms with Gasteiger partial charge in [0.25, 0.3) is 0 Å². The molecule has 10 heavy (non-hydrogen) atoms. The summed E-state index contributed by atoms with van der Waals surface area (Å²) in [6.45, 7) is 2.89. The fraction of sp³-hybridized carbons (Fsp3) is 1.00. The zero-order valence-corrected chi connectivity index (χ0v) is 6.71. The average Bonchev–Trinajstić information content (AvgIpc) is 2.13. The number of hydrogen-bond acceptors (Lipinski definition) is 2. The lowest BCUT2D eigenvalue weighted by Crippen LogP contribution is -2.17. The molecule has 0 aliphatic heterocycles. The van der Waals surface area contributed by atoms with Gasteiger partial charge in [-0.2, -0.15) is 0 Å². The van der Waals surface area contributed by atoms with Crippen molar-refractivity contribution in [1.82, 2.24) is 0 Å². The van der Waals surface area contributed by atoms with Gasteiger partial charge in [-0.3, -0.25) is 0 Å². The molecule has 0 spiro atoms. The van der Waals surface area contributed by atoms with Crippen molar-refractivity contribution in [3.05, 3.63) is 0 Å². The SMILES string of the molecule is COCC1CC(C)CC1O. The Morgan fingerprint density at radius 3 is 2.60 bits per heavy atom. The minimum absolute atomic E-state index is 0.116. The summed E-state index contributed by atoms with van der Waals surface area (Å²) in [6.07, 6.45) is 1.96. The predicted molar refractivity (Wildman–Crippen MR) is 39.8 cm³/mol. The van der Waals surface area contributed by atoms with Crippen LogP contribution in [0.4, 0.5) is 0 Å². The molecule has 2 nitrogen and oxygen atoms in total. The molecule has 0 heterocycles. The molecule has 1 fully saturated rings. The molecular weight excluding hydrogens is 128 g/mol. The Kier molecular flexibility index (Phi) is 2.69. The molecule has 1 aliphatic rings. The highest BCUT2D eigenvalue weighted by atomic mass is 16.5. The van der Waals surface area contributed by atoms with Gasteiger partial charge in [-0.15, -0.1) is 0 Å². The van der Waals surface area contributed by atoms with E-state index < -0.39 is 0 Å². The summed E-state index contributed by atoms with van der Waals surface area (Å²) in [5.74, 6) is 1.06. The number of aliphatic hydroxyl groups excluding tert-OH is 1. The first-order valence-electron chi connectivity index (χ1n) is 3.91. The summed E-state index contributed by atoms with van der Waals surface area (Å²) in [6, 6.07) is 0. The monoisotopic (exact) mass is 144 g/mol. The van der Waals surface area contributed by atoms with E-state index in [1.54, 1.807) is 7.11 Å². The minimum atomic E-state index is -0.116. The molecule has 0 saturated heterocycles. The Balaban J connectivity index is 2.31. The van der Waals surface area contributed by atoms with Crippen LogP contribution < -0.4 is 0 Å². The van der Waals surface area contributed by atoms with Crippen LogP contribution in [0.25, 0.3) is 0 Å². The number of rotatable bonds is 2. The molecule has 1 rings (SSSR count). The Labute approximate surface area is 62.2 Å². The van der Waals surface area contributed by atoms with E-state index in [4.69, 9.17) is 4.74 Å². The van der Waals surface area contributed by atoms with Crippen molar-refractivity contribution in [2.75, 3.05) is 13.7 Å². The lowest BCUT2D eigenvalue weighted by atomic mass is 10.1.